The Hall–Kier alpha value is -3.32. The summed E-state index contributed by atoms with van der Waals surface area (Å²) in [6.07, 6.45) is 4.39. The number of H-pyrrole nitrogens is 1. The average molecular weight is 339 g/mol. The first-order chi connectivity index (χ1) is 12.7. The van der Waals surface area contributed by atoms with Gasteiger partial charge in [0.2, 0.25) is 0 Å². The van der Waals surface area contributed by atoms with Crippen LogP contribution in [-0.4, -0.2) is 15.1 Å². The van der Waals surface area contributed by atoms with Crippen LogP contribution in [0.1, 0.15) is 17.5 Å². The van der Waals surface area contributed by atoms with Crippen molar-refractivity contribution in [3.05, 3.63) is 59.8 Å². The smallest absolute Gasteiger partial charge is 0.115 e. The number of nitrogens with zero attached hydrogens (tertiary/aromatic N) is 2. The molecule has 2 N–H and O–H groups in total. The molecule has 1 atom stereocenters. The molecule has 0 radical (unpaired) electrons. The number of benzene rings is 2. The third-order valence-corrected chi connectivity index (χ3v) is 5.44. The Morgan fingerprint density at radius 3 is 2.73 bits per heavy atom. The molecule has 2 heterocycles. The lowest BCUT2D eigenvalue weighted by molar-refractivity contribution is 0.475. The quantitative estimate of drug-likeness (QED) is 0.527. The van der Waals surface area contributed by atoms with Gasteiger partial charge in [-0.3, -0.25) is 4.98 Å². The van der Waals surface area contributed by atoms with E-state index in [0.29, 0.717) is 0 Å². The summed E-state index contributed by atoms with van der Waals surface area (Å²) in [5.41, 5.74) is 6.71. The van der Waals surface area contributed by atoms with E-state index in [1.54, 1.807) is 12.1 Å². The molecule has 2 aromatic heterocycles. The monoisotopic (exact) mass is 339 g/mol. The summed E-state index contributed by atoms with van der Waals surface area (Å²) in [6.45, 7) is 0. The number of pyridine rings is 1. The van der Waals surface area contributed by atoms with Crippen LogP contribution >= 0.6 is 0 Å². The molecular formula is C22H17N3O. The van der Waals surface area contributed by atoms with Crippen molar-refractivity contribution in [3.63, 3.8) is 0 Å². The van der Waals surface area contributed by atoms with Gasteiger partial charge in [0.25, 0.3) is 0 Å². The van der Waals surface area contributed by atoms with Gasteiger partial charge in [-0.15, -0.1) is 0 Å². The largest absolute Gasteiger partial charge is 0.508 e. The molecule has 26 heavy (non-hydrogen) atoms. The van der Waals surface area contributed by atoms with E-state index < -0.39 is 0 Å². The minimum Gasteiger partial charge on any atom is -0.508 e. The van der Waals surface area contributed by atoms with Crippen molar-refractivity contribution in [1.29, 1.82) is 5.26 Å². The van der Waals surface area contributed by atoms with Crippen LogP contribution in [0.4, 0.5) is 0 Å². The van der Waals surface area contributed by atoms with Gasteiger partial charge in [-0.2, -0.15) is 5.26 Å². The highest BCUT2D eigenvalue weighted by molar-refractivity contribution is 6.08. The summed E-state index contributed by atoms with van der Waals surface area (Å²) >= 11 is 0. The van der Waals surface area contributed by atoms with E-state index >= 15 is 0 Å². The van der Waals surface area contributed by atoms with Gasteiger partial charge in [0.15, 0.2) is 0 Å². The first kappa shape index (κ1) is 15.0. The lowest BCUT2D eigenvalue weighted by Crippen LogP contribution is -2.15. The highest BCUT2D eigenvalue weighted by Crippen LogP contribution is 2.39. The number of rotatable bonds is 1. The Balaban J connectivity index is 1.86. The molecule has 0 spiro atoms. The fourth-order valence-electron chi connectivity index (χ4n) is 4.18. The zero-order valence-electron chi connectivity index (χ0n) is 14.2. The molecule has 1 unspecified atom stereocenters. The molecule has 126 valence electrons. The number of nitrogens with one attached hydrogen (secondary N) is 1. The van der Waals surface area contributed by atoms with E-state index in [1.165, 1.54) is 21.9 Å². The van der Waals surface area contributed by atoms with Crippen molar-refractivity contribution >= 4 is 21.8 Å². The topological polar surface area (TPSA) is 72.7 Å². The van der Waals surface area contributed by atoms with Crippen molar-refractivity contribution in [2.24, 2.45) is 5.92 Å². The predicted octanol–water partition coefficient (Wildman–Crippen LogP) is 4.72. The maximum absolute atomic E-state index is 9.63. The van der Waals surface area contributed by atoms with Crippen LogP contribution in [0.15, 0.2) is 48.7 Å². The van der Waals surface area contributed by atoms with Crippen LogP contribution in [0.3, 0.4) is 0 Å². The van der Waals surface area contributed by atoms with E-state index in [4.69, 9.17) is 0 Å². The number of phenols is 1. The first-order valence-corrected chi connectivity index (χ1v) is 8.85. The van der Waals surface area contributed by atoms with Gasteiger partial charge >= 0.3 is 0 Å². The fraction of sp³-hybridized carbons (Fsp3) is 0.182. The second-order valence-corrected chi connectivity index (χ2v) is 6.94. The maximum atomic E-state index is 9.63. The first-order valence-electron chi connectivity index (χ1n) is 8.85. The van der Waals surface area contributed by atoms with Crippen LogP contribution in [-0.2, 0) is 12.8 Å². The van der Waals surface area contributed by atoms with Crippen LogP contribution < -0.4 is 0 Å². The molecule has 0 saturated heterocycles. The Kier molecular flexibility index (Phi) is 3.23. The van der Waals surface area contributed by atoms with E-state index in [1.807, 2.05) is 24.4 Å². The third kappa shape index (κ3) is 2.18. The van der Waals surface area contributed by atoms with Crippen molar-refractivity contribution in [1.82, 2.24) is 9.97 Å². The second kappa shape index (κ2) is 5.60. The molecule has 1 aliphatic carbocycles. The number of aromatic hydroxyl groups is 1. The predicted molar refractivity (Wildman–Crippen MR) is 102 cm³/mol. The number of fused-ring (bicyclic) bond motifs is 5. The minimum absolute atomic E-state index is 0.0428. The number of aromatic nitrogens is 2. The van der Waals surface area contributed by atoms with E-state index in [9.17, 15) is 10.4 Å². The van der Waals surface area contributed by atoms with Crippen LogP contribution in [0.25, 0.3) is 33.1 Å². The van der Waals surface area contributed by atoms with E-state index in [0.717, 1.165) is 41.6 Å². The number of hydrogen-bond donors (Lipinski definition) is 2. The zero-order chi connectivity index (χ0) is 17.7. The molecule has 2 aromatic carbocycles. The van der Waals surface area contributed by atoms with Crippen LogP contribution in [0, 0.1) is 17.2 Å². The lowest BCUT2D eigenvalue weighted by Gasteiger charge is -2.25. The zero-order valence-corrected chi connectivity index (χ0v) is 14.2. The molecular weight excluding hydrogens is 322 g/mol. The number of nitriles is 1. The summed E-state index contributed by atoms with van der Waals surface area (Å²) in [5, 5.41) is 21.5. The van der Waals surface area contributed by atoms with Crippen molar-refractivity contribution in [2.45, 2.75) is 19.3 Å². The molecule has 0 aliphatic heterocycles. The number of hydrogen-bond acceptors (Lipinski definition) is 3. The summed E-state index contributed by atoms with van der Waals surface area (Å²) in [4.78, 5) is 8.04. The molecule has 0 bridgehead atoms. The maximum Gasteiger partial charge on any atom is 0.115 e. The number of phenolic OH excluding ortho intramolecular Hbond substituents is 1. The fourth-order valence-corrected chi connectivity index (χ4v) is 4.18. The van der Waals surface area contributed by atoms with Gasteiger partial charge in [0.05, 0.1) is 17.5 Å². The van der Waals surface area contributed by atoms with Gasteiger partial charge in [0.1, 0.15) is 5.75 Å². The van der Waals surface area contributed by atoms with Gasteiger partial charge in [0, 0.05) is 28.2 Å². The average Bonchev–Trinajstić information content (AvgIpc) is 3.16. The lowest BCUT2D eigenvalue weighted by atomic mass is 9.80. The third-order valence-electron chi connectivity index (χ3n) is 5.44. The second-order valence-electron chi connectivity index (χ2n) is 6.94. The summed E-state index contributed by atoms with van der Waals surface area (Å²) in [5.74, 6) is 0.295. The number of aryl methyl sites for hydroxylation is 1. The van der Waals surface area contributed by atoms with Gasteiger partial charge in [-0.1, -0.05) is 0 Å². The Labute approximate surface area is 150 Å². The van der Waals surface area contributed by atoms with Gasteiger partial charge in [-0.05, 0) is 78.4 Å². The number of aromatic amines is 1. The Morgan fingerprint density at radius 2 is 1.92 bits per heavy atom. The Morgan fingerprint density at radius 1 is 1.08 bits per heavy atom. The summed E-state index contributed by atoms with van der Waals surface area (Å²) in [6, 6.07) is 15.9. The van der Waals surface area contributed by atoms with Crippen molar-refractivity contribution in [3.8, 4) is 23.1 Å². The van der Waals surface area contributed by atoms with Crippen LogP contribution in [0.2, 0.25) is 0 Å². The van der Waals surface area contributed by atoms with E-state index in [-0.39, 0.29) is 11.7 Å². The van der Waals surface area contributed by atoms with E-state index in [2.05, 4.69) is 28.2 Å². The standard InChI is InChI=1S/C22H17N3O/c23-12-13-1-6-16-18(11-13)22(14-2-4-15(26)5-3-14)25-20-8-7-19-17(21(16)20)9-10-24-19/h2-5,7-10,13,25-26H,1,6,11H2. The molecule has 0 saturated carbocycles. The molecule has 1 aliphatic rings. The highest BCUT2D eigenvalue weighted by Gasteiger charge is 2.25. The molecule has 0 fully saturated rings. The molecule has 4 heteroatoms. The molecule has 0 amide bonds. The summed E-state index contributed by atoms with van der Waals surface area (Å²) < 4.78 is 0. The Bertz CT molecular complexity index is 1180. The molecule has 4 aromatic rings. The SMILES string of the molecule is N#CC1CCc2c(c(-c3ccc(O)cc3)[nH]c3ccc4nccc4c23)C1. The molecule has 5 rings (SSSR count). The molecule has 4 nitrogen and oxygen atoms in total. The van der Waals surface area contributed by atoms with Crippen LogP contribution in [0.5, 0.6) is 5.75 Å². The minimum atomic E-state index is 0.0428. The van der Waals surface area contributed by atoms with Gasteiger partial charge in [-0.25, -0.2) is 0 Å². The van der Waals surface area contributed by atoms with Crippen molar-refractivity contribution in [2.75, 3.05) is 0 Å². The normalized spacial score (nSPS) is 16.5. The van der Waals surface area contributed by atoms with Gasteiger partial charge < -0.3 is 10.1 Å². The van der Waals surface area contributed by atoms with Crippen molar-refractivity contribution < 1.29 is 5.11 Å². The summed E-state index contributed by atoms with van der Waals surface area (Å²) in [7, 11) is 0. The highest BCUT2D eigenvalue weighted by atomic mass is 16.3.